The summed E-state index contributed by atoms with van der Waals surface area (Å²) >= 11 is 0. The molecule has 15 heavy (non-hydrogen) atoms. The highest BCUT2D eigenvalue weighted by Gasteiger charge is 2.21. The summed E-state index contributed by atoms with van der Waals surface area (Å²) in [5.41, 5.74) is 0. The van der Waals surface area contributed by atoms with E-state index in [0.717, 1.165) is 19.3 Å². The van der Waals surface area contributed by atoms with Gasteiger partial charge in [-0.2, -0.15) is 0 Å². The van der Waals surface area contributed by atoms with Crippen molar-refractivity contribution >= 4 is 17.7 Å². The van der Waals surface area contributed by atoms with Crippen molar-refractivity contribution in [3.63, 3.8) is 0 Å². The average Bonchev–Trinajstić information content (AvgIpc) is 2.45. The van der Waals surface area contributed by atoms with Crippen LogP contribution in [0.15, 0.2) is 23.7 Å². The largest absolute Gasteiger partial charge is 0.502 e. The van der Waals surface area contributed by atoms with Crippen molar-refractivity contribution in [2.75, 3.05) is 7.11 Å². The second kappa shape index (κ2) is 4.41. The first-order chi connectivity index (χ1) is 7.02. The smallest absolute Gasteiger partial charge is 0.378 e. The molecule has 0 aliphatic carbocycles. The van der Waals surface area contributed by atoms with Gasteiger partial charge in [0, 0.05) is 12.2 Å². The molecule has 0 aromatic heterocycles. The molecular formula is C9H8O6. The molecule has 0 aromatic carbocycles. The molecule has 0 saturated carbocycles. The highest BCUT2D eigenvalue weighted by atomic mass is 16.6. The van der Waals surface area contributed by atoms with Gasteiger partial charge in [-0.05, 0) is 0 Å². The average molecular weight is 212 g/mol. The summed E-state index contributed by atoms with van der Waals surface area (Å²) in [5.74, 6) is -2.85. The maximum Gasteiger partial charge on any atom is 0.378 e. The van der Waals surface area contributed by atoms with E-state index < -0.39 is 29.9 Å². The molecule has 0 fully saturated rings. The van der Waals surface area contributed by atoms with E-state index in [1.807, 2.05) is 0 Å². The Labute approximate surface area is 84.8 Å². The fraction of sp³-hybridized carbons (Fsp3) is 0.222. The summed E-state index contributed by atoms with van der Waals surface area (Å²) in [4.78, 5) is 32.4. The number of rotatable bonds is 3. The SMILES string of the molecule is COC(=O)CC(=O)/C=C1\C=C(O)C(=O)O1. The molecule has 0 atom stereocenters. The van der Waals surface area contributed by atoms with E-state index >= 15 is 0 Å². The summed E-state index contributed by atoms with van der Waals surface area (Å²) < 4.78 is 8.73. The molecule has 6 nitrogen and oxygen atoms in total. The molecule has 1 aliphatic heterocycles. The van der Waals surface area contributed by atoms with E-state index in [9.17, 15) is 14.4 Å². The first-order valence-electron chi connectivity index (χ1n) is 3.97. The summed E-state index contributed by atoms with van der Waals surface area (Å²) in [6.07, 6.45) is 1.50. The van der Waals surface area contributed by atoms with Gasteiger partial charge < -0.3 is 14.6 Å². The molecule has 0 aromatic rings. The van der Waals surface area contributed by atoms with Crippen LogP contribution in [0.25, 0.3) is 0 Å². The minimum absolute atomic E-state index is 0.0913. The van der Waals surface area contributed by atoms with Crippen LogP contribution >= 0.6 is 0 Å². The molecule has 0 spiro atoms. The van der Waals surface area contributed by atoms with Gasteiger partial charge in [0.05, 0.1) is 7.11 Å². The van der Waals surface area contributed by atoms with Gasteiger partial charge in [-0.1, -0.05) is 0 Å². The van der Waals surface area contributed by atoms with E-state index in [0.29, 0.717) is 0 Å². The number of cyclic esters (lactones) is 1. The molecule has 0 unspecified atom stereocenters. The third kappa shape index (κ3) is 2.94. The van der Waals surface area contributed by atoms with Crippen LogP contribution in [0.2, 0.25) is 0 Å². The third-order valence-corrected chi connectivity index (χ3v) is 1.55. The van der Waals surface area contributed by atoms with Crippen LogP contribution in [-0.4, -0.2) is 29.9 Å². The number of carbonyl (C=O) groups is 3. The maximum atomic E-state index is 11.1. The lowest BCUT2D eigenvalue weighted by atomic mass is 10.2. The molecule has 80 valence electrons. The van der Waals surface area contributed by atoms with Crippen molar-refractivity contribution in [3.05, 3.63) is 23.7 Å². The maximum absolute atomic E-state index is 11.1. The van der Waals surface area contributed by atoms with Gasteiger partial charge in [0.15, 0.2) is 5.78 Å². The topological polar surface area (TPSA) is 89.9 Å². The summed E-state index contributed by atoms with van der Waals surface area (Å²) in [6, 6.07) is 0. The van der Waals surface area contributed by atoms with Crippen molar-refractivity contribution in [2.45, 2.75) is 6.42 Å². The lowest BCUT2D eigenvalue weighted by molar-refractivity contribution is -0.142. The van der Waals surface area contributed by atoms with Gasteiger partial charge in [-0.25, -0.2) is 4.79 Å². The van der Waals surface area contributed by atoms with Crippen LogP contribution < -0.4 is 0 Å². The predicted molar refractivity (Wildman–Crippen MR) is 46.5 cm³/mol. The van der Waals surface area contributed by atoms with Crippen molar-refractivity contribution in [1.82, 2.24) is 0 Å². The standard InChI is InChI=1S/C9H8O6/c1-14-8(12)3-5(10)2-6-4-7(11)9(13)15-6/h2,4,11H,3H2,1H3/b6-2+. The summed E-state index contributed by atoms with van der Waals surface area (Å²) in [6.45, 7) is 0. The monoisotopic (exact) mass is 212 g/mol. The van der Waals surface area contributed by atoms with Crippen molar-refractivity contribution in [1.29, 1.82) is 0 Å². The number of aliphatic hydroxyl groups excluding tert-OH is 1. The van der Waals surface area contributed by atoms with Gasteiger partial charge in [0.25, 0.3) is 0 Å². The van der Waals surface area contributed by atoms with Crippen LogP contribution in [0.4, 0.5) is 0 Å². The zero-order valence-electron chi connectivity index (χ0n) is 7.85. The van der Waals surface area contributed by atoms with E-state index in [1.54, 1.807) is 0 Å². The van der Waals surface area contributed by atoms with E-state index in [4.69, 9.17) is 5.11 Å². The number of esters is 2. The number of hydrogen-bond acceptors (Lipinski definition) is 6. The fourth-order valence-electron chi connectivity index (χ4n) is 0.878. The Bertz CT molecular complexity index is 376. The molecule has 1 N–H and O–H groups in total. The molecule has 1 rings (SSSR count). The quantitative estimate of drug-likeness (QED) is 0.402. The number of hydrogen-bond donors (Lipinski definition) is 1. The Morgan fingerprint density at radius 3 is 2.73 bits per heavy atom. The minimum atomic E-state index is -0.924. The van der Waals surface area contributed by atoms with Crippen LogP contribution in [0.5, 0.6) is 0 Å². The molecule has 6 heteroatoms. The Morgan fingerprint density at radius 2 is 2.27 bits per heavy atom. The zero-order chi connectivity index (χ0) is 11.4. The first kappa shape index (κ1) is 11.0. The van der Waals surface area contributed by atoms with Crippen LogP contribution in [-0.2, 0) is 23.9 Å². The molecule has 0 radical (unpaired) electrons. The normalized spacial score (nSPS) is 17.3. The van der Waals surface area contributed by atoms with Gasteiger partial charge in [-0.3, -0.25) is 9.59 Å². The lowest BCUT2D eigenvalue weighted by Gasteiger charge is -1.95. The molecule has 0 saturated heterocycles. The zero-order valence-corrected chi connectivity index (χ0v) is 7.85. The second-order valence-corrected chi connectivity index (χ2v) is 2.69. The highest BCUT2D eigenvalue weighted by Crippen LogP contribution is 2.14. The van der Waals surface area contributed by atoms with Gasteiger partial charge >= 0.3 is 11.9 Å². The number of ether oxygens (including phenoxy) is 2. The Kier molecular flexibility index (Phi) is 3.22. The number of aliphatic hydroxyl groups is 1. The molecule has 1 heterocycles. The van der Waals surface area contributed by atoms with Crippen molar-refractivity contribution < 1.29 is 29.0 Å². The van der Waals surface area contributed by atoms with Crippen LogP contribution in [0.3, 0.4) is 0 Å². The minimum Gasteiger partial charge on any atom is -0.502 e. The number of carbonyl (C=O) groups excluding carboxylic acids is 3. The van der Waals surface area contributed by atoms with Crippen LogP contribution in [0.1, 0.15) is 6.42 Å². The van der Waals surface area contributed by atoms with E-state index in [1.165, 1.54) is 0 Å². The second-order valence-electron chi connectivity index (χ2n) is 2.69. The third-order valence-electron chi connectivity index (χ3n) is 1.55. The summed E-state index contributed by atoms with van der Waals surface area (Å²) in [5, 5.41) is 8.85. The predicted octanol–water partition coefficient (Wildman–Crippen LogP) is 0.00120. The molecular weight excluding hydrogens is 204 g/mol. The fourth-order valence-corrected chi connectivity index (χ4v) is 0.878. The Balaban J connectivity index is 2.62. The Morgan fingerprint density at radius 1 is 1.60 bits per heavy atom. The van der Waals surface area contributed by atoms with E-state index in [-0.39, 0.29) is 5.76 Å². The van der Waals surface area contributed by atoms with Gasteiger partial charge in [0.2, 0.25) is 5.76 Å². The van der Waals surface area contributed by atoms with Crippen LogP contribution in [0, 0.1) is 0 Å². The summed E-state index contributed by atoms with van der Waals surface area (Å²) in [7, 11) is 1.16. The lowest BCUT2D eigenvalue weighted by Crippen LogP contribution is -2.07. The number of ketones is 1. The molecule has 0 bridgehead atoms. The Hall–Kier alpha value is -2.11. The molecule has 0 amide bonds. The number of allylic oxidation sites excluding steroid dienone is 2. The van der Waals surface area contributed by atoms with Crippen molar-refractivity contribution in [3.8, 4) is 0 Å². The van der Waals surface area contributed by atoms with Gasteiger partial charge in [-0.15, -0.1) is 0 Å². The van der Waals surface area contributed by atoms with Gasteiger partial charge in [0.1, 0.15) is 12.2 Å². The molecule has 1 aliphatic rings. The van der Waals surface area contributed by atoms with E-state index in [2.05, 4.69) is 9.47 Å². The van der Waals surface area contributed by atoms with Crippen molar-refractivity contribution in [2.24, 2.45) is 0 Å². The number of methoxy groups -OCH3 is 1. The highest BCUT2D eigenvalue weighted by molar-refractivity contribution is 6.03. The first-order valence-corrected chi connectivity index (χ1v) is 3.97.